The quantitative estimate of drug-likeness (QED) is 0.716. The molecular formula is C12H17NO. The smallest absolute Gasteiger partial charge is 0.115 e. The van der Waals surface area contributed by atoms with Crippen molar-refractivity contribution in [3.63, 3.8) is 0 Å². The molecule has 1 rings (SSSR count). The molecule has 0 saturated heterocycles. The molecule has 0 aliphatic rings. The zero-order valence-corrected chi connectivity index (χ0v) is 8.53. The Labute approximate surface area is 85.1 Å². The van der Waals surface area contributed by atoms with Gasteiger partial charge in [0, 0.05) is 12.0 Å². The first-order chi connectivity index (χ1) is 6.59. The van der Waals surface area contributed by atoms with E-state index < -0.39 is 0 Å². The summed E-state index contributed by atoms with van der Waals surface area (Å²) in [6.45, 7) is 6.40. The molecule has 1 aromatic rings. The van der Waals surface area contributed by atoms with Gasteiger partial charge in [-0.25, -0.2) is 0 Å². The number of hydrogen-bond donors (Lipinski definition) is 2. The molecule has 3 N–H and O–H groups in total. The zero-order chi connectivity index (χ0) is 10.6. The van der Waals surface area contributed by atoms with Crippen LogP contribution in [0.5, 0.6) is 5.75 Å². The van der Waals surface area contributed by atoms with Gasteiger partial charge in [-0.05, 0) is 24.1 Å². The van der Waals surface area contributed by atoms with Crippen LogP contribution in [0.1, 0.15) is 12.5 Å². The van der Waals surface area contributed by atoms with E-state index in [1.807, 2.05) is 18.2 Å². The lowest BCUT2D eigenvalue weighted by Crippen LogP contribution is -2.27. The SMILES string of the molecule is C=CC(C)(CN)Cc1cccc(O)c1. The highest BCUT2D eigenvalue weighted by Gasteiger charge is 2.18. The molecule has 0 spiro atoms. The maximum atomic E-state index is 9.30. The summed E-state index contributed by atoms with van der Waals surface area (Å²) in [5, 5.41) is 9.30. The number of nitrogens with two attached hydrogens (primary N) is 1. The van der Waals surface area contributed by atoms with Crippen LogP contribution in [0.15, 0.2) is 36.9 Å². The van der Waals surface area contributed by atoms with Gasteiger partial charge in [-0.15, -0.1) is 6.58 Å². The second kappa shape index (κ2) is 4.29. The molecule has 0 fully saturated rings. The lowest BCUT2D eigenvalue weighted by Gasteiger charge is -2.23. The summed E-state index contributed by atoms with van der Waals surface area (Å²) in [7, 11) is 0. The Morgan fingerprint density at radius 3 is 2.79 bits per heavy atom. The molecule has 0 aromatic heterocycles. The molecule has 0 amide bonds. The summed E-state index contributed by atoms with van der Waals surface area (Å²) in [5.74, 6) is 0.297. The monoisotopic (exact) mass is 191 g/mol. The molecule has 0 bridgehead atoms. The van der Waals surface area contributed by atoms with Gasteiger partial charge in [-0.2, -0.15) is 0 Å². The van der Waals surface area contributed by atoms with Crippen molar-refractivity contribution < 1.29 is 5.11 Å². The van der Waals surface area contributed by atoms with Gasteiger partial charge < -0.3 is 10.8 Å². The van der Waals surface area contributed by atoms with Gasteiger partial charge in [0.25, 0.3) is 0 Å². The Balaban J connectivity index is 2.82. The van der Waals surface area contributed by atoms with Crippen LogP contribution >= 0.6 is 0 Å². The van der Waals surface area contributed by atoms with Crippen LogP contribution in [0.4, 0.5) is 0 Å². The summed E-state index contributed by atoms with van der Waals surface area (Å²) < 4.78 is 0. The zero-order valence-electron chi connectivity index (χ0n) is 8.53. The van der Waals surface area contributed by atoms with Gasteiger partial charge in [-0.3, -0.25) is 0 Å². The molecule has 1 aromatic carbocycles. The fourth-order valence-corrected chi connectivity index (χ4v) is 1.36. The fraction of sp³-hybridized carbons (Fsp3) is 0.333. The van der Waals surface area contributed by atoms with E-state index in [4.69, 9.17) is 5.73 Å². The second-order valence-corrected chi connectivity index (χ2v) is 3.91. The normalized spacial score (nSPS) is 14.7. The molecule has 0 saturated carbocycles. The van der Waals surface area contributed by atoms with E-state index in [0.717, 1.165) is 12.0 Å². The minimum absolute atomic E-state index is 0.0895. The van der Waals surface area contributed by atoms with Gasteiger partial charge in [-0.1, -0.05) is 25.1 Å². The lowest BCUT2D eigenvalue weighted by molar-refractivity contribution is 0.435. The molecule has 76 valence electrons. The summed E-state index contributed by atoms with van der Waals surface area (Å²) in [5.41, 5.74) is 6.66. The number of hydrogen-bond acceptors (Lipinski definition) is 2. The molecule has 1 unspecified atom stereocenters. The van der Waals surface area contributed by atoms with Crippen molar-refractivity contribution >= 4 is 0 Å². The van der Waals surface area contributed by atoms with Crippen molar-refractivity contribution in [2.45, 2.75) is 13.3 Å². The predicted octanol–water partition coefficient (Wildman–Crippen LogP) is 2.09. The first kappa shape index (κ1) is 10.8. The molecule has 2 nitrogen and oxygen atoms in total. The highest BCUT2D eigenvalue weighted by molar-refractivity contribution is 5.28. The van der Waals surface area contributed by atoms with Crippen LogP contribution in [0.3, 0.4) is 0 Å². The summed E-state index contributed by atoms with van der Waals surface area (Å²) in [6, 6.07) is 7.25. The first-order valence-corrected chi connectivity index (χ1v) is 4.71. The molecule has 0 aliphatic carbocycles. The number of rotatable bonds is 4. The van der Waals surface area contributed by atoms with E-state index in [1.165, 1.54) is 0 Å². The van der Waals surface area contributed by atoms with E-state index in [0.29, 0.717) is 12.3 Å². The van der Waals surface area contributed by atoms with Crippen LogP contribution < -0.4 is 5.73 Å². The third-order valence-corrected chi connectivity index (χ3v) is 2.48. The fourth-order valence-electron chi connectivity index (χ4n) is 1.36. The van der Waals surface area contributed by atoms with Gasteiger partial charge in [0.2, 0.25) is 0 Å². The topological polar surface area (TPSA) is 46.2 Å². The Morgan fingerprint density at radius 1 is 1.57 bits per heavy atom. The molecular weight excluding hydrogens is 174 g/mol. The third-order valence-electron chi connectivity index (χ3n) is 2.48. The molecule has 0 radical (unpaired) electrons. The highest BCUT2D eigenvalue weighted by atomic mass is 16.3. The van der Waals surface area contributed by atoms with Crippen LogP contribution in [0.25, 0.3) is 0 Å². The largest absolute Gasteiger partial charge is 0.508 e. The summed E-state index contributed by atoms with van der Waals surface area (Å²) in [6.07, 6.45) is 2.68. The van der Waals surface area contributed by atoms with Crippen molar-refractivity contribution in [3.05, 3.63) is 42.5 Å². The van der Waals surface area contributed by atoms with Crippen LogP contribution in [0.2, 0.25) is 0 Å². The summed E-state index contributed by atoms with van der Waals surface area (Å²) >= 11 is 0. The van der Waals surface area contributed by atoms with Crippen molar-refractivity contribution in [1.29, 1.82) is 0 Å². The number of phenols is 1. The highest BCUT2D eigenvalue weighted by Crippen LogP contribution is 2.24. The Hall–Kier alpha value is -1.28. The Kier molecular flexibility index (Phi) is 3.31. The number of aromatic hydroxyl groups is 1. The van der Waals surface area contributed by atoms with E-state index >= 15 is 0 Å². The van der Waals surface area contributed by atoms with Crippen LogP contribution in [0, 0.1) is 5.41 Å². The third kappa shape index (κ3) is 2.60. The molecule has 1 atom stereocenters. The molecule has 0 aliphatic heterocycles. The maximum Gasteiger partial charge on any atom is 0.115 e. The van der Waals surface area contributed by atoms with E-state index in [1.54, 1.807) is 12.1 Å². The van der Waals surface area contributed by atoms with Gasteiger partial charge in [0.05, 0.1) is 0 Å². The van der Waals surface area contributed by atoms with Crippen LogP contribution in [-0.2, 0) is 6.42 Å². The molecule has 0 heterocycles. The van der Waals surface area contributed by atoms with Gasteiger partial charge in [0.1, 0.15) is 5.75 Å². The van der Waals surface area contributed by atoms with E-state index in [-0.39, 0.29) is 5.41 Å². The average Bonchev–Trinajstić information content (AvgIpc) is 2.18. The average molecular weight is 191 g/mol. The Morgan fingerprint density at radius 2 is 2.29 bits per heavy atom. The maximum absolute atomic E-state index is 9.30. The summed E-state index contributed by atoms with van der Waals surface area (Å²) in [4.78, 5) is 0. The minimum atomic E-state index is -0.0895. The lowest BCUT2D eigenvalue weighted by atomic mass is 9.84. The number of benzene rings is 1. The standard InChI is InChI=1S/C12H17NO/c1-3-12(2,9-13)8-10-5-4-6-11(14)7-10/h3-7,14H,1,8-9,13H2,2H3. The van der Waals surface area contributed by atoms with Gasteiger partial charge in [0.15, 0.2) is 0 Å². The molecule has 14 heavy (non-hydrogen) atoms. The van der Waals surface area contributed by atoms with Crippen LogP contribution in [-0.4, -0.2) is 11.7 Å². The van der Waals surface area contributed by atoms with Crippen molar-refractivity contribution in [2.75, 3.05) is 6.54 Å². The first-order valence-electron chi connectivity index (χ1n) is 4.71. The van der Waals surface area contributed by atoms with Crippen molar-refractivity contribution in [1.82, 2.24) is 0 Å². The van der Waals surface area contributed by atoms with Gasteiger partial charge >= 0.3 is 0 Å². The Bertz CT molecular complexity index is 322. The van der Waals surface area contributed by atoms with Crippen molar-refractivity contribution in [2.24, 2.45) is 11.1 Å². The number of phenolic OH excluding ortho intramolecular Hbond substituents is 1. The predicted molar refractivity (Wildman–Crippen MR) is 59.2 cm³/mol. The van der Waals surface area contributed by atoms with E-state index in [9.17, 15) is 5.11 Å². The van der Waals surface area contributed by atoms with E-state index in [2.05, 4.69) is 13.5 Å². The second-order valence-electron chi connectivity index (χ2n) is 3.91. The minimum Gasteiger partial charge on any atom is -0.508 e. The molecule has 2 heteroatoms. The van der Waals surface area contributed by atoms with Crippen molar-refractivity contribution in [3.8, 4) is 5.75 Å².